The average Bonchev–Trinajstić information content (AvgIpc) is 2.67. The molecule has 3 heteroatoms. The lowest BCUT2D eigenvalue weighted by atomic mass is 10.2. The summed E-state index contributed by atoms with van der Waals surface area (Å²) in [6.45, 7) is 0. The molecule has 0 bridgehead atoms. The predicted molar refractivity (Wildman–Crippen MR) is 56.3 cm³/mol. The van der Waals surface area contributed by atoms with Gasteiger partial charge in [0.05, 0.1) is 6.10 Å². The normalized spacial score (nSPS) is 26.4. The molecule has 2 rings (SSSR count). The fourth-order valence-electron chi connectivity index (χ4n) is 1.97. The molecule has 0 aliphatic heterocycles. The van der Waals surface area contributed by atoms with Gasteiger partial charge in [-0.1, -0.05) is 0 Å². The van der Waals surface area contributed by atoms with Crippen molar-refractivity contribution in [3.05, 3.63) is 24.5 Å². The van der Waals surface area contributed by atoms with E-state index in [-0.39, 0.29) is 0 Å². The summed E-state index contributed by atoms with van der Waals surface area (Å²) in [5, 5.41) is 3.49. The van der Waals surface area contributed by atoms with Gasteiger partial charge in [-0.15, -0.1) is 0 Å². The van der Waals surface area contributed by atoms with Gasteiger partial charge < -0.3 is 10.1 Å². The van der Waals surface area contributed by atoms with E-state index >= 15 is 0 Å². The average molecular weight is 192 g/mol. The Morgan fingerprint density at radius 3 is 2.79 bits per heavy atom. The van der Waals surface area contributed by atoms with E-state index in [0.717, 1.165) is 12.1 Å². The number of nitrogens with one attached hydrogen (secondary N) is 1. The van der Waals surface area contributed by atoms with Gasteiger partial charge in [0.1, 0.15) is 0 Å². The number of rotatable bonds is 3. The molecule has 2 atom stereocenters. The molecule has 0 radical (unpaired) electrons. The van der Waals surface area contributed by atoms with Crippen LogP contribution in [0.4, 0.5) is 5.69 Å². The fraction of sp³-hybridized carbons (Fsp3) is 0.545. The fourth-order valence-corrected chi connectivity index (χ4v) is 1.97. The van der Waals surface area contributed by atoms with E-state index in [2.05, 4.69) is 10.3 Å². The van der Waals surface area contributed by atoms with Crippen molar-refractivity contribution in [2.45, 2.75) is 31.4 Å². The van der Waals surface area contributed by atoms with Crippen LogP contribution < -0.4 is 5.32 Å². The number of pyridine rings is 1. The van der Waals surface area contributed by atoms with E-state index < -0.39 is 0 Å². The molecule has 0 aromatic carbocycles. The molecule has 2 unspecified atom stereocenters. The van der Waals surface area contributed by atoms with Crippen LogP contribution in [0.15, 0.2) is 24.5 Å². The lowest BCUT2D eigenvalue weighted by Crippen LogP contribution is -2.17. The molecule has 1 aliphatic carbocycles. The molecular weight excluding hydrogens is 176 g/mol. The number of hydrogen-bond donors (Lipinski definition) is 1. The number of ether oxygens (including phenoxy) is 1. The van der Waals surface area contributed by atoms with Gasteiger partial charge in [-0.25, -0.2) is 0 Å². The Morgan fingerprint density at radius 2 is 2.14 bits per heavy atom. The molecule has 76 valence electrons. The van der Waals surface area contributed by atoms with Crippen molar-refractivity contribution < 1.29 is 4.74 Å². The summed E-state index contributed by atoms with van der Waals surface area (Å²) in [4.78, 5) is 3.99. The Labute approximate surface area is 84.5 Å². The molecule has 1 aromatic rings. The largest absolute Gasteiger partial charge is 0.382 e. The zero-order valence-electron chi connectivity index (χ0n) is 8.44. The first kappa shape index (κ1) is 9.46. The highest BCUT2D eigenvalue weighted by Crippen LogP contribution is 2.24. The zero-order valence-corrected chi connectivity index (χ0v) is 8.44. The van der Waals surface area contributed by atoms with Crippen LogP contribution in [0, 0.1) is 0 Å². The van der Waals surface area contributed by atoms with Gasteiger partial charge in [-0.05, 0) is 31.4 Å². The lowest BCUT2D eigenvalue weighted by molar-refractivity contribution is 0.108. The number of anilines is 1. The van der Waals surface area contributed by atoms with Crippen LogP contribution in [0.3, 0.4) is 0 Å². The minimum Gasteiger partial charge on any atom is -0.382 e. The standard InChI is InChI=1S/C11H16N2O/c1-14-11-3-2-10(8-11)13-9-4-6-12-7-5-9/h4-7,10-11H,2-3,8H2,1H3,(H,12,13). The van der Waals surface area contributed by atoms with Crippen molar-refractivity contribution >= 4 is 5.69 Å². The monoisotopic (exact) mass is 192 g/mol. The summed E-state index contributed by atoms with van der Waals surface area (Å²) in [7, 11) is 1.79. The van der Waals surface area contributed by atoms with Gasteiger partial charge in [0, 0.05) is 31.2 Å². The van der Waals surface area contributed by atoms with E-state index in [1.807, 2.05) is 24.5 Å². The molecule has 1 aliphatic rings. The van der Waals surface area contributed by atoms with Crippen LogP contribution in [0.5, 0.6) is 0 Å². The van der Waals surface area contributed by atoms with Gasteiger partial charge in [0.25, 0.3) is 0 Å². The maximum atomic E-state index is 5.33. The van der Waals surface area contributed by atoms with Gasteiger partial charge >= 0.3 is 0 Å². The highest BCUT2D eigenvalue weighted by atomic mass is 16.5. The van der Waals surface area contributed by atoms with Crippen LogP contribution >= 0.6 is 0 Å². The van der Waals surface area contributed by atoms with E-state index in [1.54, 1.807) is 7.11 Å². The smallest absolute Gasteiger partial charge is 0.0591 e. The van der Waals surface area contributed by atoms with E-state index in [9.17, 15) is 0 Å². The molecule has 1 N–H and O–H groups in total. The van der Waals surface area contributed by atoms with Crippen molar-refractivity contribution in [2.75, 3.05) is 12.4 Å². The molecule has 1 aromatic heterocycles. The van der Waals surface area contributed by atoms with Gasteiger partial charge in [0.2, 0.25) is 0 Å². The van der Waals surface area contributed by atoms with Crippen molar-refractivity contribution in [1.29, 1.82) is 0 Å². The van der Waals surface area contributed by atoms with Crippen LogP contribution in [0.2, 0.25) is 0 Å². The second-order valence-electron chi connectivity index (χ2n) is 3.75. The third-order valence-corrected chi connectivity index (χ3v) is 2.77. The molecule has 1 saturated carbocycles. The lowest BCUT2D eigenvalue weighted by Gasteiger charge is -2.13. The number of methoxy groups -OCH3 is 1. The van der Waals surface area contributed by atoms with Crippen molar-refractivity contribution in [3.8, 4) is 0 Å². The van der Waals surface area contributed by atoms with Crippen LogP contribution in [-0.4, -0.2) is 24.2 Å². The van der Waals surface area contributed by atoms with Crippen molar-refractivity contribution in [1.82, 2.24) is 4.98 Å². The summed E-state index contributed by atoms with van der Waals surface area (Å²) >= 11 is 0. The number of hydrogen-bond acceptors (Lipinski definition) is 3. The molecule has 0 amide bonds. The second kappa shape index (κ2) is 4.42. The third kappa shape index (κ3) is 2.23. The van der Waals surface area contributed by atoms with Crippen LogP contribution in [-0.2, 0) is 4.74 Å². The Balaban J connectivity index is 1.88. The maximum absolute atomic E-state index is 5.33. The Bertz CT molecular complexity index is 276. The quantitative estimate of drug-likeness (QED) is 0.796. The molecule has 3 nitrogen and oxygen atoms in total. The van der Waals surface area contributed by atoms with Crippen molar-refractivity contribution in [2.24, 2.45) is 0 Å². The van der Waals surface area contributed by atoms with E-state index in [0.29, 0.717) is 12.1 Å². The molecule has 1 fully saturated rings. The SMILES string of the molecule is COC1CCC(Nc2ccncc2)C1. The third-order valence-electron chi connectivity index (χ3n) is 2.77. The minimum absolute atomic E-state index is 0.439. The first-order valence-electron chi connectivity index (χ1n) is 5.08. The Kier molecular flexibility index (Phi) is 2.99. The zero-order chi connectivity index (χ0) is 9.80. The highest BCUT2D eigenvalue weighted by molar-refractivity contribution is 5.41. The first-order chi connectivity index (χ1) is 6.88. The van der Waals surface area contributed by atoms with E-state index in [4.69, 9.17) is 4.74 Å². The number of nitrogens with zero attached hydrogens (tertiary/aromatic N) is 1. The first-order valence-corrected chi connectivity index (χ1v) is 5.08. The van der Waals surface area contributed by atoms with Crippen molar-refractivity contribution in [3.63, 3.8) is 0 Å². The summed E-state index contributed by atoms with van der Waals surface area (Å²) in [6, 6.07) is 4.56. The Morgan fingerprint density at radius 1 is 1.36 bits per heavy atom. The molecule has 14 heavy (non-hydrogen) atoms. The molecule has 1 heterocycles. The maximum Gasteiger partial charge on any atom is 0.0591 e. The molecule has 0 spiro atoms. The predicted octanol–water partition coefficient (Wildman–Crippen LogP) is 2.06. The van der Waals surface area contributed by atoms with Crippen LogP contribution in [0.1, 0.15) is 19.3 Å². The summed E-state index contributed by atoms with van der Waals surface area (Å²) in [5.74, 6) is 0. The minimum atomic E-state index is 0.439. The number of aromatic nitrogens is 1. The van der Waals surface area contributed by atoms with Crippen LogP contribution in [0.25, 0.3) is 0 Å². The van der Waals surface area contributed by atoms with Gasteiger partial charge in [-0.3, -0.25) is 4.98 Å². The highest BCUT2D eigenvalue weighted by Gasteiger charge is 2.23. The summed E-state index contributed by atoms with van der Waals surface area (Å²) in [6.07, 6.45) is 7.53. The van der Waals surface area contributed by atoms with Gasteiger partial charge in [-0.2, -0.15) is 0 Å². The van der Waals surface area contributed by atoms with Gasteiger partial charge in [0.15, 0.2) is 0 Å². The van der Waals surface area contributed by atoms with E-state index in [1.165, 1.54) is 12.8 Å². The topological polar surface area (TPSA) is 34.1 Å². The molecule has 0 saturated heterocycles. The molecular formula is C11H16N2O. The summed E-state index contributed by atoms with van der Waals surface area (Å²) in [5.41, 5.74) is 1.15. The second-order valence-corrected chi connectivity index (χ2v) is 3.75. The Hall–Kier alpha value is -1.09. The summed E-state index contributed by atoms with van der Waals surface area (Å²) < 4.78 is 5.33.